The number of rotatable bonds is 6. The predicted molar refractivity (Wildman–Crippen MR) is 81.6 cm³/mol. The molecule has 0 spiro atoms. The summed E-state index contributed by atoms with van der Waals surface area (Å²) in [4.78, 5) is 1.18. The van der Waals surface area contributed by atoms with Crippen molar-refractivity contribution in [3.05, 3.63) is 57.2 Å². The number of ether oxygens (including phenoxy) is 1. The number of benzene rings is 1. The zero-order valence-electron chi connectivity index (χ0n) is 10.9. The van der Waals surface area contributed by atoms with Crippen LogP contribution in [0.25, 0.3) is 0 Å². The molecule has 0 saturated carbocycles. The lowest BCUT2D eigenvalue weighted by Crippen LogP contribution is -2.28. The van der Waals surface area contributed by atoms with Crippen LogP contribution in [0.1, 0.15) is 29.9 Å². The van der Waals surface area contributed by atoms with E-state index in [0.29, 0.717) is 6.61 Å². The molecule has 0 radical (unpaired) electrons. The average Bonchev–Trinajstić information content (AvgIpc) is 2.94. The quantitative estimate of drug-likeness (QED) is 0.857. The van der Waals surface area contributed by atoms with Crippen LogP contribution in [0.2, 0.25) is 5.02 Å². The van der Waals surface area contributed by atoms with E-state index in [2.05, 4.69) is 18.4 Å². The zero-order valence-corrected chi connectivity index (χ0v) is 12.5. The van der Waals surface area contributed by atoms with Crippen molar-refractivity contribution in [2.45, 2.75) is 32.1 Å². The number of hydrogen-bond acceptors (Lipinski definition) is 3. The molecule has 1 aromatic carbocycles. The Labute approximate surface area is 123 Å². The largest absolute Gasteiger partial charge is 0.366 e. The highest BCUT2D eigenvalue weighted by Crippen LogP contribution is 2.27. The van der Waals surface area contributed by atoms with Crippen LogP contribution >= 0.6 is 22.9 Å². The molecule has 1 aromatic heterocycles. The lowest BCUT2D eigenvalue weighted by molar-refractivity contribution is 0.0236. The highest BCUT2D eigenvalue weighted by atomic mass is 35.5. The number of thiophene rings is 1. The van der Waals surface area contributed by atoms with Gasteiger partial charge in [-0.25, -0.2) is 0 Å². The highest BCUT2D eigenvalue weighted by Gasteiger charge is 2.20. The van der Waals surface area contributed by atoms with Crippen molar-refractivity contribution >= 4 is 22.9 Å². The van der Waals surface area contributed by atoms with Gasteiger partial charge in [0.05, 0.1) is 6.61 Å². The van der Waals surface area contributed by atoms with Crippen LogP contribution < -0.4 is 5.73 Å². The van der Waals surface area contributed by atoms with Crippen LogP contribution in [0.15, 0.2) is 41.8 Å². The Morgan fingerprint density at radius 2 is 2.00 bits per heavy atom. The van der Waals surface area contributed by atoms with Crippen molar-refractivity contribution in [3.63, 3.8) is 0 Å². The van der Waals surface area contributed by atoms with Gasteiger partial charge in [0.2, 0.25) is 0 Å². The summed E-state index contributed by atoms with van der Waals surface area (Å²) in [5, 5.41) is 2.79. The molecule has 19 heavy (non-hydrogen) atoms. The summed E-state index contributed by atoms with van der Waals surface area (Å²) in [5.41, 5.74) is 7.26. The zero-order chi connectivity index (χ0) is 13.7. The van der Waals surface area contributed by atoms with Gasteiger partial charge < -0.3 is 10.5 Å². The Hall–Kier alpha value is -0.870. The fourth-order valence-corrected chi connectivity index (χ4v) is 2.82. The molecule has 2 nitrogen and oxygen atoms in total. The van der Waals surface area contributed by atoms with Gasteiger partial charge in [0, 0.05) is 15.9 Å². The van der Waals surface area contributed by atoms with Crippen LogP contribution in [0.3, 0.4) is 0 Å². The minimum atomic E-state index is -0.0410. The summed E-state index contributed by atoms with van der Waals surface area (Å²) in [6.45, 7) is 2.63. The number of nitrogens with two attached hydrogens (primary N) is 1. The van der Waals surface area contributed by atoms with Gasteiger partial charge in [-0.1, -0.05) is 36.7 Å². The molecular formula is C15H18ClNOS. The third kappa shape index (κ3) is 4.05. The van der Waals surface area contributed by atoms with E-state index in [1.807, 2.05) is 30.3 Å². The van der Waals surface area contributed by atoms with E-state index >= 15 is 0 Å². The Balaban J connectivity index is 2.02. The van der Waals surface area contributed by atoms with Crippen molar-refractivity contribution in [3.8, 4) is 0 Å². The highest BCUT2D eigenvalue weighted by molar-refractivity contribution is 7.10. The molecule has 1 heterocycles. The fourth-order valence-electron chi connectivity index (χ4n) is 1.85. The van der Waals surface area contributed by atoms with Gasteiger partial charge in [-0.05, 0) is 35.6 Å². The van der Waals surface area contributed by atoms with Crippen molar-refractivity contribution in [2.75, 3.05) is 0 Å². The second-order valence-corrected chi connectivity index (χ2v) is 5.86. The van der Waals surface area contributed by atoms with Crippen LogP contribution in [-0.4, -0.2) is 6.04 Å². The first kappa shape index (κ1) is 14.5. The maximum absolute atomic E-state index is 6.16. The standard InChI is InChI=1S/C15H18ClNOS/c1-2-13(17)15(14-4-3-9-19-14)18-10-11-5-7-12(16)8-6-11/h3-9,13,15H,2,10,17H2,1H3. The molecule has 2 aromatic rings. The van der Waals surface area contributed by atoms with Gasteiger partial charge in [0.1, 0.15) is 6.10 Å². The normalized spacial score (nSPS) is 14.3. The first-order valence-corrected chi connectivity index (χ1v) is 7.61. The summed E-state index contributed by atoms with van der Waals surface area (Å²) >= 11 is 7.56. The van der Waals surface area contributed by atoms with E-state index in [-0.39, 0.29) is 12.1 Å². The molecule has 2 rings (SSSR count). The molecule has 4 heteroatoms. The van der Waals surface area contributed by atoms with Gasteiger partial charge in [0.25, 0.3) is 0 Å². The van der Waals surface area contributed by atoms with Gasteiger partial charge in [-0.3, -0.25) is 0 Å². The minimum Gasteiger partial charge on any atom is -0.366 e. The Bertz CT molecular complexity index is 483. The molecule has 0 saturated heterocycles. The SMILES string of the molecule is CCC(N)C(OCc1ccc(Cl)cc1)c1cccs1. The van der Waals surface area contributed by atoms with E-state index in [4.69, 9.17) is 22.1 Å². The maximum atomic E-state index is 6.16. The van der Waals surface area contributed by atoms with Crippen molar-refractivity contribution in [1.82, 2.24) is 0 Å². The Morgan fingerprint density at radius 3 is 2.58 bits per heavy atom. The van der Waals surface area contributed by atoms with E-state index in [1.54, 1.807) is 11.3 Å². The lowest BCUT2D eigenvalue weighted by Gasteiger charge is -2.22. The molecule has 2 atom stereocenters. The fraction of sp³-hybridized carbons (Fsp3) is 0.333. The maximum Gasteiger partial charge on any atom is 0.107 e. The predicted octanol–water partition coefficient (Wildman–Crippen LogP) is 4.40. The molecule has 0 aliphatic carbocycles. The summed E-state index contributed by atoms with van der Waals surface area (Å²) in [6, 6.07) is 11.8. The summed E-state index contributed by atoms with van der Waals surface area (Å²) < 4.78 is 6.01. The van der Waals surface area contributed by atoms with Gasteiger partial charge >= 0.3 is 0 Å². The molecule has 2 N–H and O–H groups in total. The lowest BCUT2D eigenvalue weighted by atomic mass is 10.1. The molecular weight excluding hydrogens is 278 g/mol. The topological polar surface area (TPSA) is 35.2 Å². The van der Waals surface area contributed by atoms with Crippen molar-refractivity contribution in [1.29, 1.82) is 0 Å². The number of hydrogen-bond donors (Lipinski definition) is 1. The van der Waals surface area contributed by atoms with E-state index in [1.165, 1.54) is 4.88 Å². The molecule has 102 valence electrons. The Morgan fingerprint density at radius 1 is 1.26 bits per heavy atom. The first-order chi connectivity index (χ1) is 9.20. The van der Waals surface area contributed by atoms with E-state index in [0.717, 1.165) is 17.0 Å². The molecule has 0 aliphatic rings. The van der Waals surface area contributed by atoms with Gasteiger partial charge in [-0.2, -0.15) is 0 Å². The van der Waals surface area contributed by atoms with Crippen LogP contribution in [-0.2, 0) is 11.3 Å². The van der Waals surface area contributed by atoms with Crippen LogP contribution in [0.5, 0.6) is 0 Å². The summed E-state index contributed by atoms with van der Waals surface area (Å²) in [5.74, 6) is 0. The van der Waals surface area contributed by atoms with E-state index in [9.17, 15) is 0 Å². The minimum absolute atomic E-state index is 0.0194. The third-order valence-corrected chi connectivity index (χ3v) is 4.21. The average molecular weight is 296 g/mol. The smallest absolute Gasteiger partial charge is 0.107 e. The Kier molecular flexibility index (Phi) is 5.40. The first-order valence-electron chi connectivity index (χ1n) is 6.35. The monoisotopic (exact) mass is 295 g/mol. The second-order valence-electron chi connectivity index (χ2n) is 4.45. The van der Waals surface area contributed by atoms with Crippen molar-refractivity contribution in [2.24, 2.45) is 5.73 Å². The van der Waals surface area contributed by atoms with Gasteiger partial charge in [0.15, 0.2) is 0 Å². The molecule has 0 bridgehead atoms. The number of halogens is 1. The molecule has 2 unspecified atom stereocenters. The van der Waals surface area contributed by atoms with Crippen LogP contribution in [0.4, 0.5) is 0 Å². The molecule has 0 amide bonds. The summed E-state index contributed by atoms with van der Waals surface area (Å²) in [7, 11) is 0. The second kappa shape index (κ2) is 7.06. The van der Waals surface area contributed by atoms with E-state index < -0.39 is 0 Å². The molecule has 0 fully saturated rings. The molecule has 0 aliphatic heterocycles. The van der Waals surface area contributed by atoms with Gasteiger partial charge in [-0.15, -0.1) is 11.3 Å². The van der Waals surface area contributed by atoms with Crippen molar-refractivity contribution < 1.29 is 4.74 Å². The van der Waals surface area contributed by atoms with Crippen LogP contribution in [0, 0.1) is 0 Å². The third-order valence-electron chi connectivity index (χ3n) is 3.03. The summed E-state index contributed by atoms with van der Waals surface area (Å²) in [6.07, 6.45) is 0.851.